The van der Waals surface area contributed by atoms with Crippen LogP contribution in [0.3, 0.4) is 0 Å². The number of nitrogens with zero attached hydrogens (tertiary/aromatic N) is 4. The number of carboxylic acids is 1. The van der Waals surface area contributed by atoms with Gasteiger partial charge in [0.25, 0.3) is 6.43 Å². The van der Waals surface area contributed by atoms with E-state index in [0.29, 0.717) is 12.4 Å². The van der Waals surface area contributed by atoms with Crippen LogP contribution in [0, 0.1) is 0 Å². The van der Waals surface area contributed by atoms with Gasteiger partial charge >= 0.3 is 12.1 Å². The van der Waals surface area contributed by atoms with Gasteiger partial charge in [-0.05, 0) is 17.5 Å². The van der Waals surface area contributed by atoms with Crippen LogP contribution in [0.5, 0.6) is 5.88 Å². The molecule has 35 heavy (non-hydrogen) atoms. The second kappa shape index (κ2) is 12.3. The fourth-order valence-corrected chi connectivity index (χ4v) is 2.92. The summed E-state index contributed by atoms with van der Waals surface area (Å²) in [5, 5.41) is 14.2. The monoisotopic (exact) mass is 521 g/mol. The molecule has 190 valence electrons. The number of benzene rings is 1. The van der Waals surface area contributed by atoms with Gasteiger partial charge in [-0.25, -0.2) is 23.5 Å². The summed E-state index contributed by atoms with van der Waals surface area (Å²) >= 11 is 5.89. The van der Waals surface area contributed by atoms with E-state index < -0.39 is 24.3 Å². The van der Waals surface area contributed by atoms with E-state index in [4.69, 9.17) is 26.2 Å². The van der Waals surface area contributed by atoms with Crippen LogP contribution in [0.15, 0.2) is 36.7 Å². The highest BCUT2D eigenvalue weighted by molar-refractivity contribution is 6.33. The fraction of sp³-hybridized carbons (Fsp3) is 0.333. The lowest BCUT2D eigenvalue weighted by molar-refractivity contribution is -0.192. The number of ether oxygens (including phenoxy) is 1. The molecule has 0 aliphatic carbocycles. The average Bonchev–Trinajstić information content (AvgIpc) is 3.17. The first-order valence-electron chi connectivity index (χ1n) is 10.0. The highest BCUT2D eigenvalue weighted by atomic mass is 35.5. The zero-order valence-corrected chi connectivity index (χ0v) is 19.2. The van der Waals surface area contributed by atoms with E-state index in [1.165, 1.54) is 5.56 Å². The van der Waals surface area contributed by atoms with Crippen LogP contribution >= 0.6 is 11.6 Å². The summed E-state index contributed by atoms with van der Waals surface area (Å²) in [4.78, 5) is 16.3. The first-order chi connectivity index (χ1) is 16.4. The van der Waals surface area contributed by atoms with E-state index in [9.17, 15) is 22.0 Å². The maximum Gasteiger partial charge on any atom is 0.490 e. The van der Waals surface area contributed by atoms with Gasteiger partial charge in [-0.15, -0.1) is 5.10 Å². The van der Waals surface area contributed by atoms with Gasteiger partial charge in [-0.2, -0.15) is 13.2 Å². The topological polar surface area (TPSA) is 102 Å². The van der Waals surface area contributed by atoms with Gasteiger partial charge in [0.05, 0.1) is 12.2 Å². The molecule has 3 aromatic rings. The van der Waals surface area contributed by atoms with Crippen molar-refractivity contribution in [3.63, 3.8) is 0 Å². The molecule has 0 amide bonds. The SMILES string of the molecule is CCc1ccc(-c2cc(OCCNc3ncnc(C(F)F)c3Cl)nn2C)cc1.O=C(O)C(F)(F)F. The van der Waals surface area contributed by atoms with E-state index >= 15 is 0 Å². The highest BCUT2D eigenvalue weighted by Gasteiger charge is 2.38. The number of carbonyl (C=O) groups is 1. The Morgan fingerprint density at radius 1 is 1.23 bits per heavy atom. The maximum absolute atomic E-state index is 12.8. The van der Waals surface area contributed by atoms with Crippen molar-refractivity contribution in [2.24, 2.45) is 7.05 Å². The molecule has 8 nitrogen and oxygen atoms in total. The van der Waals surface area contributed by atoms with Crippen molar-refractivity contribution >= 4 is 23.4 Å². The molecule has 2 heterocycles. The number of carboxylic acid groups (broad SMARTS) is 1. The Kier molecular flexibility index (Phi) is 9.75. The normalized spacial score (nSPS) is 11.1. The van der Waals surface area contributed by atoms with Crippen LogP contribution < -0.4 is 10.1 Å². The second-order valence-electron chi connectivity index (χ2n) is 6.84. The third-order valence-corrected chi connectivity index (χ3v) is 4.80. The lowest BCUT2D eigenvalue weighted by Crippen LogP contribution is -2.21. The van der Waals surface area contributed by atoms with Crippen LogP contribution in [0.4, 0.5) is 27.8 Å². The number of hydrogen-bond donors (Lipinski definition) is 2. The number of alkyl halides is 5. The Balaban J connectivity index is 0.000000540. The predicted octanol–water partition coefficient (Wildman–Crippen LogP) is 5.15. The number of rotatable bonds is 8. The standard InChI is InChI=1S/C19H20ClF2N5O.C2HF3O2/c1-3-12-4-6-13(7-5-12)14-10-15(26-27(14)2)28-9-8-23-19-16(20)17(18(21)22)24-11-25-19;3-2(4,5)1(6)7/h4-7,10-11,18H,3,8-9H2,1-2H3,(H,23,24,25);(H,6,7). The number of halogens is 6. The first-order valence-corrected chi connectivity index (χ1v) is 10.4. The number of anilines is 1. The minimum absolute atomic E-state index is 0.147. The summed E-state index contributed by atoms with van der Waals surface area (Å²) in [6.07, 6.45) is -5.81. The van der Waals surface area contributed by atoms with E-state index in [1.807, 2.05) is 13.1 Å². The zero-order chi connectivity index (χ0) is 26.2. The molecule has 0 aliphatic heterocycles. The lowest BCUT2D eigenvalue weighted by atomic mass is 10.1. The van der Waals surface area contributed by atoms with Gasteiger partial charge in [0.1, 0.15) is 29.5 Å². The molecule has 3 rings (SSSR count). The number of aryl methyl sites for hydroxylation is 2. The Labute approximate surface area is 201 Å². The predicted molar refractivity (Wildman–Crippen MR) is 118 cm³/mol. The average molecular weight is 522 g/mol. The molecule has 0 unspecified atom stereocenters. The Hall–Kier alpha value is -3.48. The Morgan fingerprint density at radius 3 is 2.40 bits per heavy atom. The number of nitrogens with one attached hydrogen (secondary N) is 1. The zero-order valence-electron chi connectivity index (χ0n) is 18.5. The molecule has 2 aromatic heterocycles. The van der Waals surface area contributed by atoms with Gasteiger partial charge in [-0.3, -0.25) is 4.68 Å². The molecule has 0 aliphatic rings. The van der Waals surface area contributed by atoms with Gasteiger partial charge in [0.2, 0.25) is 5.88 Å². The van der Waals surface area contributed by atoms with Crippen molar-refractivity contribution < 1.29 is 36.6 Å². The van der Waals surface area contributed by atoms with E-state index in [2.05, 4.69) is 51.6 Å². The van der Waals surface area contributed by atoms with Crippen LogP contribution in [0.2, 0.25) is 5.02 Å². The van der Waals surface area contributed by atoms with Crippen molar-refractivity contribution in [3.8, 4) is 17.1 Å². The van der Waals surface area contributed by atoms with Crippen molar-refractivity contribution in [1.82, 2.24) is 19.7 Å². The van der Waals surface area contributed by atoms with Crippen molar-refractivity contribution in [2.75, 3.05) is 18.5 Å². The van der Waals surface area contributed by atoms with Gasteiger partial charge < -0.3 is 15.2 Å². The minimum atomic E-state index is -5.08. The Bertz CT molecular complexity index is 1120. The summed E-state index contributed by atoms with van der Waals surface area (Å²) in [5.41, 5.74) is 2.76. The summed E-state index contributed by atoms with van der Waals surface area (Å²) in [6, 6.07) is 10.1. The van der Waals surface area contributed by atoms with E-state index in [1.54, 1.807) is 4.68 Å². The van der Waals surface area contributed by atoms with E-state index in [-0.39, 0.29) is 17.4 Å². The summed E-state index contributed by atoms with van der Waals surface area (Å²) in [7, 11) is 1.85. The van der Waals surface area contributed by atoms with Gasteiger partial charge in [-0.1, -0.05) is 42.8 Å². The quantitative estimate of drug-likeness (QED) is 0.312. The van der Waals surface area contributed by atoms with Crippen LogP contribution in [0.1, 0.15) is 24.6 Å². The highest BCUT2D eigenvalue weighted by Crippen LogP contribution is 2.29. The van der Waals surface area contributed by atoms with Crippen LogP contribution in [-0.2, 0) is 18.3 Å². The Morgan fingerprint density at radius 2 is 1.86 bits per heavy atom. The smallest absolute Gasteiger partial charge is 0.475 e. The molecule has 0 atom stereocenters. The maximum atomic E-state index is 12.8. The van der Waals surface area contributed by atoms with Crippen molar-refractivity contribution in [2.45, 2.75) is 25.9 Å². The third-order valence-electron chi connectivity index (χ3n) is 4.43. The van der Waals surface area contributed by atoms with Crippen LogP contribution in [-0.4, -0.2) is 50.2 Å². The summed E-state index contributed by atoms with van der Waals surface area (Å²) in [5.74, 6) is -2.14. The van der Waals surface area contributed by atoms with Crippen molar-refractivity contribution in [1.29, 1.82) is 0 Å². The molecule has 0 bridgehead atoms. The molecule has 2 N–H and O–H groups in total. The minimum Gasteiger partial charge on any atom is -0.475 e. The van der Waals surface area contributed by atoms with Crippen molar-refractivity contribution in [3.05, 3.63) is 52.9 Å². The number of hydrogen-bond acceptors (Lipinski definition) is 6. The molecule has 0 saturated heterocycles. The molecule has 0 radical (unpaired) electrons. The summed E-state index contributed by atoms with van der Waals surface area (Å²) in [6.45, 7) is 2.69. The number of aliphatic carboxylic acids is 1. The fourth-order valence-electron chi connectivity index (χ4n) is 2.68. The van der Waals surface area contributed by atoms with Gasteiger partial charge in [0, 0.05) is 13.1 Å². The molecule has 0 spiro atoms. The molecule has 0 fully saturated rings. The lowest BCUT2D eigenvalue weighted by Gasteiger charge is -2.09. The summed E-state index contributed by atoms with van der Waals surface area (Å²) < 4.78 is 64.7. The molecule has 14 heteroatoms. The van der Waals surface area contributed by atoms with Crippen LogP contribution in [0.25, 0.3) is 11.3 Å². The van der Waals surface area contributed by atoms with Gasteiger partial charge in [0.15, 0.2) is 0 Å². The molecular weight excluding hydrogens is 501 g/mol. The molecule has 0 saturated carbocycles. The third kappa shape index (κ3) is 8.05. The first kappa shape index (κ1) is 27.8. The second-order valence-corrected chi connectivity index (χ2v) is 7.22. The molecular formula is C21H21ClF5N5O3. The molecule has 1 aromatic carbocycles. The van der Waals surface area contributed by atoms with E-state index in [0.717, 1.165) is 24.0 Å². The largest absolute Gasteiger partial charge is 0.490 e. The number of aromatic nitrogens is 4.